The highest BCUT2D eigenvalue weighted by Gasteiger charge is 2.26. The number of nitrogens with zero attached hydrogens (tertiary/aromatic N) is 2. The molecule has 1 unspecified atom stereocenters. The van der Waals surface area contributed by atoms with Gasteiger partial charge in [-0.1, -0.05) is 44.2 Å². The largest absolute Gasteiger partial charge is 0.357 e. The van der Waals surface area contributed by atoms with E-state index in [2.05, 4.69) is 29.5 Å². The van der Waals surface area contributed by atoms with Gasteiger partial charge in [0.2, 0.25) is 5.91 Å². The number of benzene rings is 1. The molecule has 1 amide bonds. The van der Waals surface area contributed by atoms with Crippen molar-refractivity contribution in [3.8, 4) is 0 Å². The van der Waals surface area contributed by atoms with Gasteiger partial charge in [-0.3, -0.25) is 14.0 Å². The molecule has 0 radical (unpaired) electrons. The summed E-state index contributed by atoms with van der Waals surface area (Å²) in [4.78, 5) is 19.2. The lowest BCUT2D eigenvalue weighted by Crippen LogP contribution is -2.50. The molecule has 1 aromatic carbocycles. The van der Waals surface area contributed by atoms with E-state index >= 15 is 0 Å². The number of carbonyl (C=O) groups is 1. The summed E-state index contributed by atoms with van der Waals surface area (Å²) in [6.07, 6.45) is 3.68. The first-order valence-electron chi connectivity index (χ1n) is 11.3. The molecular weight excluding hydrogens is 396 g/mol. The number of likely N-dealkylation sites (tertiary alicyclic amines) is 1. The highest BCUT2D eigenvalue weighted by atomic mass is 32.2. The Labute approximate surface area is 184 Å². The van der Waals surface area contributed by atoms with Crippen molar-refractivity contribution in [1.29, 1.82) is 0 Å². The average molecular weight is 435 g/mol. The Hall–Kier alpha value is -1.89. The molecule has 1 aromatic rings. The lowest BCUT2D eigenvalue weighted by atomic mass is 9.98. The van der Waals surface area contributed by atoms with Crippen molar-refractivity contribution in [2.24, 2.45) is 10.9 Å². The van der Waals surface area contributed by atoms with E-state index in [0.717, 1.165) is 56.8 Å². The van der Waals surface area contributed by atoms with Crippen LogP contribution in [-0.4, -0.2) is 58.9 Å². The zero-order chi connectivity index (χ0) is 21.8. The Balaban J connectivity index is 1.78. The van der Waals surface area contributed by atoms with Crippen molar-refractivity contribution in [2.45, 2.75) is 58.2 Å². The number of aliphatic imine (C=N–C) groups is 1. The summed E-state index contributed by atoms with van der Waals surface area (Å²) < 4.78 is 12.3. The van der Waals surface area contributed by atoms with Crippen molar-refractivity contribution >= 4 is 22.7 Å². The summed E-state index contributed by atoms with van der Waals surface area (Å²) in [6, 6.07) is 10.2. The van der Waals surface area contributed by atoms with Crippen LogP contribution in [0.3, 0.4) is 0 Å². The van der Waals surface area contributed by atoms with Crippen molar-refractivity contribution < 1.29 is 9.00 Å². The summed E-state index contributed by atoms with van der Waals surface area (Å²) in [6.45, 7) is 9.13. The van der Waals surface area contributed by atoms with Crippen LogP contribution in [0.2, 0.25) is 0 Å². The van der Waals surface area contributed by atoms with Crippen LogP contribution >= 0.6 is 0 Å². The predicted molar refractivity (Wildman–Crippen MR) is 126 cm³/mol. The molecule has 0 bridgehead atoms. The molecule has 0 spiro atoms. The van der Waals surface area contributed by atoms with E-state index in [-0.39, 0.29) is 5.92 Å². The molecule has 0 aliphatic carbocycles. The SMILES string of the molecule is CCNC(=NCCS(=O)Cc1ccccc1)NC1CCN(C(=O)C(CC)CC)CC1. The molecule has 0 saturated carbocycles. The molecule has 1 aliphatic rings. The summed E-state index contributed by atoms with van der Waals surface area (Å²) in [5, 5.41) is 6.78. The van der Waals surface area contributed by atoms with Crippen molar-refractivity contribution in [3.63, 3.8) is 0 Å². The molecule has 1 heterocycles. The fourth-order valence-electron chi connectivity index (χ4n) is 3.75. The van der Waals surface area contributed by atoms with E-state index in [0.29, 0.717) is 30.0 Å². The second-order valence-electron chi connectivity index (χ2n) is 7.79. The van der Waals surface area contributed by atoms with Gasteiger partial charge >= 0.3 is 0 Å². The summed E-state index contributed by atoms with van der Waals surface area (Å²) in [5.74, 6) is 2.36. The lowest BCUT2D eigenvalue weighted by molar-refractivity contribution is -0.136. The van der Waals surface area contributed by atoms with Crippen LogP contribution in [0.25, 0.3) is 0 Å². The number of hydrogen-bond acceptors (Lipinski definition) is 3. The first kappa shape index (κ1) is 24.4. The van der Waals surface area contributed by atoms with Crippen LogP contribution in [0.5, 0.6) is 0 Å². The zero-order valence-corrected chi connectivity index (χ0v) is 19.5. The average Bonchev–Trinajstić information content (AvgIpc) is 2.76. The highest BCUT2D eigenvalue weighted by molar-refractivity contribution is 7.84. The highest BCUT2D eigenvalue weighted by Crippen LogP contribution is 2.17. The van der Waals surface area contributed by atoms with Crippen LogP contribution in [0.15, 0.2) is 35.3 Å². The summed E-state index contributed by atoms with van der Waals surface area (Å²) in [5.41, 5.74) is 1.10. The quantitative estimate of drug-likeness (QED) is 0.439. The van der Waals surface area contributed by atoms with Crippen molar-refractivity contribution in [2.75, 3.05) is 31.9 Å². The van der Waals surface area contributed by atoms with Crippen LogP contribution in [0, 0.1) is 5.92 Å². The molecule has 2 N–H and O–H groups in total. The molecular formula is C23H38N4O2S. The maximum atomic E-state index is 12.6. The zero-order valence-electron chi connectivity index (χ0n) is 18.7. The number of carbonyl (C=O) groups excluding carboxylic acids is 1. The van der Waals surface area contributed by atoms with E-state index in [1.54, 1.807) is 0 Å². The number of guanidine groups is 1. The molecule has 1 saturated heterocycles. The number of rotatable bonds is 10. The Morgan fingerprint density at radius 1 is 1.17 bits per heavy atom. The number of hydrogen-bond donors (Lipinski definition) is 2. The minimum atomic E-state index is -0.921. The molecule has 1 fully saturated rings. The molecule has 6 nitrogen and oxygen atoms in total. The number of amides is 1. The number of piperidine rings is 1. The first-order chi connectivity index (χ1) is 14.6. The van der Waals surface area contributed by atoms with Crippen LogP contribution in [0.4, 0.5) is 0 Å². The third-order valence-electron chi connectivity index (χ3n) is 5.59. The van der Waals surface area contributed by atoms with Crippen LogP contribution in [-0.2, 0) is 21.3 Å². The molecule has 168 valence electrons. The fourth-order valence-corrected chi connectivity index (χ4v) is 4.75. The van der Waals surface area contributed by atoms with Gasteiger partial charge in [0, 0.05) is 53.9 Å². The molecule has 1 atom stereocenters. The Morgan fingerprint density at radius 2 is 1.83 bits per heavy atom. The fraction of sp³-hybridized carbons (Fsp3) is 0.652. The van der Waals surface area contributed by atoms with Gasteiger partial charge in [0.1, 0.15) is 0 Å². The van der Waals surface area contributed by atoms with E-state index in [1.807, 2.05) is 42.2 Å². The second-order valence-corrected chi connectivity index (χ2v) is 9.37. The summed E-state index contributed by atoms with van der Waals surface area (Å²) >= 11 is 0. The van der Waals surface area contributed by atoms with Gasteiger partial charge in [-0.25, -0.2) is 0 Å². The van der Waals surface area contributed by atoms with Gasteiger partial charge in [-0.05, 0) is 38.2 Å². The minimum Gasteiger partial charge on any atom is -0.357 e. The lowest BCUT2D eigenvalue weighted by Gasteiger charge is -2.34. The van der Waals surface area contributed by atoms with E-state index in [1.165, 1.54) is 0 Å². The molecule has 7 heteroatoms. The maximum Gasteiger partial charge on any atom is 0.225 e. The topological polar surface area (TPSA) is 73.8 Å². The van der Waals surface area contributed by atoms with Gasteiger partial charge in [-0.15, -0.1) is 0 Å². The number of nitrogens with one attached hydrogen (secondary N) is 2. The minimum absolute atomic E-state index is 0.158. The molecule has 2 rings (SSSR count). The van der Waals surface area contributed by atoms with Gasteiger partial charge in [0.25, 0.3) is 0 Å². The van der Waals surface area contributed by atoms with Gasteiger partial charge in [0.15, 0.2) is 5.96 Å². The van der Waals surface area contributed by atoms with Crippen molar-refractivity contribution in [1.82, 2.24) is 15.5 Å². The van der Waals surface area contributed by atoms with Crippen LogP contribution < -0.4 is 10.6 Å². The second kappa shape index (κ2) is 13.4. The molecule has 1 aliphatic heterocycles. The Kier molecular flexibility index (Phi) is 10.9. The smallest absolute Gasteiger partial charge is 0.225 e. The standard InChI is InChI=1S/C23H38N4O2S/c1-4-20(5-2)22(28)27-15-12-21(13-16-27)26-23(24-6-3)25-14-17-30(29)18-19-10-8-7-9-11-19/h7-11,20-21H,4-6,12-18H2,1-3H3,(H2,24,25,26). The van der Waals surface area contributed by atoms with E-state index in [4.69, 9.17) is 0 Å². The normalized spacial score (nSPS) is 16.5. The van der Waals surface area contributed by atoms with E-state index in [9.17, 15) is 9.00 Å². The first-order valence-corrected chi connectivity index (χ1v) is 12.8. The third kappa shape index (κ3) is 8.09. The van der Waals surface area contributed by atoms with E-state index < -0.39 is 10.8 Å². The van der Waals surface area contributed by atoms with Gasteiger partial charge < -0.3 is 15.5 Å². The van der Waals surface area contributed by atoms with Gasteiger partial charge in [-0.2, -0.15) is 0 Å². The van der Waals surface area contributed by atoms with Gasteiger partial charge in [0.05, 0.1) is 6.54 Å². The predicted octanol–water partition coefficient (Wildman–Crippen LogP) is 2.92. The van der Waals surface area contributed by atoms with Crippen molar-refractivity contribution in [3.05, 3.63) is 35.9 Å². The Morgan fingerprint density at radius 3 is 2.43 bits per heavy atom. The maximum absolute atomic E-state index is 12.6. The summed E-state index contributed by atoms with van der Waals surface area (Å²) in [7, 11) is -0.921. The third-order valence-corrected chi connectivity index (χ3v) is 6.88. The van der Waals surface area contributed by atoms with Crippen LogP contribution in [0.1, 0.15) is 52.0 Å². The Bertz CT molecular complexity index is 684. The molecule has 0 aromatic heterocycles. The monoisotopic (exact) mass is 434 g/mol. The molecule has 30 heavy (non-hydrogen) atoms.